The molecule has 2 aromatic carbocycles. The zero-order valence-corrected chi connectivity index (χ0v) is 24.8. The Labute approximate surface area is 251 Å². The third kappa shape index (κ3) is 5.05. The molecular formula is C34H39F2N5O2. The average molecular weight is 588 g/mol. The fourth-order valence-corrected chi connectivity index (χ4v) is 7.88. The molecule has 3 saturated heterocycles. The lowest BCUT2D eigenvalue weighted by Gasteiger charge is -2.40. The number of halogens is 2. The van der Waals surface area contributed by atoms with Gasteiger partial charge < -0.3 is 14.5 Å². The molecule has 0 unspecified atom stereocenters. The van der Waals surface area contributed by atoms with Crippen molar-refractivity contribution in [3.63, 3.8) is 0 Å². The largest absolute Gasteiger partial charge is 0.461 e. The molecular weight excluding hydrogens is 548 g/mol. The van der Waals surface area contributed by atoms with Crippen LogP contribution in [0.3, 0.4) is 0 Å². The molecule has 0 saturated carbocycles. The minimum Gasteiger partial charge on any atom is -0.461 e. The van der Waals surface area contributed by atoms with Crippen LogP contribution in [0.15, 0.2) is 43.0 Å². The molecule has 1 aliphatic carbocycles. The number of hydrogen-bond donors (Lipinski definition) is 0. The Kier molecular flexibility index (Phi) is 7.32. The number of fused-ring (bicyclic) bond motifs is 3. The summed E-state index contributed by atoms with van der Waals surface area (Å²) in [6.07, 6.45) is 7.05. The van der Waals surface area contributed by atoms with E-state index in [1.807, 2.05) is 25.1 Å². The van der Waals surface area contributed by atoms with E-state index < -0.39 is 6.17 Å². The second kappa shape index (κ2) is 11.2. The molecule has 3 aromatic rings. The Hall–Kier alpha value is -3.59. The molecule has 7 rings (SSSR count). The summed E-state index contributed by atoms with van der Waals surface area (Å²) in [5, 5.41) is 0.610. The third-order valence-electron chi connectivity index (χ3n) is 10.0. The van der Waals surface area contributed by atoms with Crippen LogP contribution >= 0.6 is 0 Å². The number of anilines is 1. The van der Waals surface area contributed by atoms with Gasteiger partial charge in [0.15, 0.2) is 0 Å². The standard InChI is InChI=1S/C34H39F2N5O2/c1-3-31(42)39-14-15-41(22(2)19-39)32-28-16-29(36)27(26-11-6-9-23-8-4-5-10-25(23)26)17-30(28)37-33(38-32)43-21-34-12-7-13-40(34)20-24(35)18-34/h3,6,9,11,16-17,22,24H,1,4-5,7-8,10,12-15,18-21H2,2H3/t22-,24+,34-/m0/s1. The Bertz CT molecular complexity index is 1580. The number of alkyl halides is 1. The first-order valence-corrected chi connectivity index (χ1v) is 15.7. The van der Waals surface area contributed by atoms with Crippen LogP contribution in [0.25, 0.3) is 22.0 Å². The molecule has 3 aliphatic heterocycles. The SMILES string of the molecule is C=CC(=O)N1CCN(c2nc(OC[C@@]34CCCN3C[C@H](F)C4)nc3cc(-c4cccc5c4CCCC5)c(F)cc23)[C@@H](C)C1. The van der Waals surface area contributed by atoms with Gasteiger partial charge in [0.1, 0.15) is 24.4 Å². The predicted octanol–water partition coefficient (Wildman–Crippen LogP) is 5.49. The van der Waals surface area contributed by atoms with Crippen LogP contribution < -0.4 is 9.64 Å². The number of ether oxygens (including phenoxy) is 1. The molecule has 3 fully saturated rings. The van der Waals surface area contributed by atoms with Gasteiger partial charge in [0.05, 0.1) is 11.1 Å². The lowest BCUT2D eigenvalue weighted by atomic mass is 9.85. The topological polar surface area (TPSA) is 61.8 Å². The molecule has 1 amide bonds. The molecule has 226 valence electrons. The van der Waals surface area contributed by atoms with Crippen LogP contribution in [-0.2, 0) is 17.6 Å². The number of rotatable bonds is 6. The number of aryl methyl sites for hydroxylation is 1. The van der Waals surface area contributed by atoms with Gasteiger partial charge in [0, 0.05) is 49.6 Å². The molecule has 4 aliphatic rings. The van der Waals surface area contributed by atoms with Crippen molar-refractivity contribution < 1.29 is 18.3 Å². The van der Waals surface area contributed by atoms with Gasteiger partial charge in [-0.05, 0) is 86.9 Å². The fourth-order valence-electron chi connectivity index (χ4n) is 7.88. The quantitative estimate of drug-likeness (QED) is 0.356. The summed E-state index contributed by atoms with van der Waals surface area (Å²) in [7, 11) is 0. The van der Waals surface area contributed by atoms with Gasteiger partial charge in [0.2, 0.25) is 5.91 Å². The van der Waals surface area contributed by atoms with Gasteiger partial charge in [-0.2, -0.15) is 9.97 Å². The summed E-state index contributed by atoms with van der Waals surface area (Å²) in [5.74, 6) is 0.181. The maximum atomic E-state index is 16.1. The Morgan fingerprint density at radius 1 is 1.12 bits per heavy atom. The van der Waals surface area contributed by atoms with Gasteiger partial charge in [-0.3, -0.25) is 9.69 Å². The summed E-state index contributed by atoms with van der Waals surface area (Å²) in [6.45, 7) is 8.84. The number of benzene rings is 2. The number of amides is 1. The van der Waals surface area contributed by atoms with Crippen LogP contribution in [0.2, 0.25) is 0 Å². The highest BCUT2D eigenvalue weighted by atomic mass is 19.1. The second-order valence-corrected chi connectivity index (χ2v) is 12.7. The minimum absolute atomic E-state index is 0.0708. The van der Waals surface area contributed by atoms with E-state index in [0.29, 0.717) is 61.5 Å². The molecule has 0 bridgehead atoms. The molecule has 9 heteroatoms. The summed E-state index contributed by atoms with van der Waals surface area (Å²) >= 11 is 0. The molecule has 43 heavy (non-hydrogen) atoms. The zero-order chi connectivity index (χ0) is 29.7. The van der Waals surface area contributed by atoms with E-state index in [4.69, 9.17) is 14.7 Å². The monoisotopic (exact) mass is 587 g/mol. The van der Waals surface area contributed by atoms with Crippen molar-refractivity contribution in [3.05, 3.63) is 59.9 Å². The van der Waals surface area contributed by atoms with Gasteiger partial charge >= 0.3 is 6.01 Å². The Balaban J connectivity index is 1.29. The van der Waals surface area contributed by atoms with E-state index in [1.165, 1.54) is 17.2 Å². The van der Waals surface area contributed by atoms with Gasteiger partial charge in [-0.15, -0.1) is 0 Å². The summed E-state index contributed by atoms with van der Waals surface area (Å²) in [4.78, 5) is 28.1. The molecule has 1 aromatic heterocycles. The highest BCUT2D eigenvalue weighted by Gasteiger charge is 2.49. The molecule has 0 spiro atoms. The van der Waals surface area contributed by atoms with Crippen molar-refractivity contribution in [2.45, 2.75) is 69.6 Å². The number of hydrogen-bond acceptors (Lipinski definition) is 6. The van der Waals surface area contributed by atoms with Crippen LogP contribution in [0.4, 0.5) is 14.6 Å². The van der Waals surface area contributed by atoms with Crippen LogP contribution in [0.1, 0.15) is 50.2 Å². The van der Waals surface area contributed by atoms with Crippen molar-refractivity contribution in [2.24, 2.45) is 0 Å². The maximum absolute atomic E-state index is 16.1. The smallest absolute Gasteiger partial charge is 0.319 e. The van der Waals surface area contributed by atoms with Crippen molar-refractivity contribution in [1.29, 1.82) is 0 Å². The van der Waals surface area contributed by atoms with E-state index in [0.717, 1.165) is 50.6 Å². The van der Waals surface area contributed by atoms with Crippen LogP contribution in [0, 0.1) is 5.82 Å². The number of nitrogens with zero attached hydrogens (tertiary/aromatic N) is 5. The van der Waals surface area contributed by atoms with E-state index in [1.54, 1.807) is 11.0 Å². The number of carbonyl (C=O) groups is 1. The Morgan fingerprint density at radius 2 is 1.98 bits per heavy atom. The first-order valence-electron chi connectivity index (χ1n) is 15.7. The fraction of sp³-hybridized carbons (Fsp3) is 0.500. The molecule has 4 heterocycles. The second-order valence-electron chi connectivity index (χ2n) is 12.7. The van der Waals surface area contributed by atoms with Crippen molar-refractivity contribution in [3.8, 4) is 17.1 Å². The van der Waals surface area contributed by atoms with Crippen molar-refractivity contribution >= 4 is 22.6 Å². The minimum atomic E-state index is -0.852. The zero-order valence-electron chi connectivity index (χ0n) is 24.8. The third-order valence-corrected chi connectivity index (χ3v) is 10.0. The maximum Gasteiger partial charge on any atom is 0.319 e. The lowest BCUT2D eigenvalue weighted by molar-refractivity contribution is -0.126. The molecule has 0 radical (unpaired) electrons. The number of aromatic nitrogens is 2. The first kappa shape index (κ1) is 28.2. The van der Waals surface area contributed by atoms with Gasteiger partial charge in [-0.1, -0.05) is 24.8 Å². The normalized spacial score (nSPS) is 25.6. The van der Waals surface area contributed by atoms with Crippen LogP contribution in [-0.4, -0.2) is 82.8 Å². The van der Waals surface area contributed by atoms with E-state index in [2.05, 4.69) is 22.4 Å². The first-order chi connectivity index (χ1) is 20.8. The van der Waals surface area contributed by atoms with Crippen molar-refractivity contribution in [2.75, 3.05) is 44.2 Å². The van der Waals surface area contributed by atoms with Gasteiger partial charge in [0.25, 0.3) is 0 Å². The number of carbonyl (C=O) groups excluding carboxylic acids is 1. The highest BCUT2D eigenvalue weighted by Crippen LogP contribution is 2.41. The van der Waals surface area contributed by atoms with Gasteiger partial charge in [-0.25, -0.2) is 8.78 Å². The Morgan fingerprint density at radius 3 is 2.81 bits per heavy atom. The highest BCUT2D eigenvalue weighted by molar-refractivity contribution is 5.94. The van der Waals surface area contributed by atoms with E-state index in [-0.39, 0.29) is 29.3 Å². The predicted molar refractivity (Wildman–Crippen MR) is 164 cm³/mol. The average Bonchev–Trinajstić information content (AvgIpc) is 3.54. The lowest BCUT2D eigenvalue weighted by Crippen LogP contribution is -2.53. The van der Waals surface area contributed by atoms with Crippen molar-refractivity contribution in [1.82, 2.24) is 19.8 Å². The number of piperazine rings is 1. The molecule has 3 atom stereocenters. The molecule has 7 nitrogen and oxygen atoms in total. The molecule has 0 N–H and O–H groups in total. The summed E-state index contributed by atoms with van der Waals surface area (Å²) < 4.78 is 36.8. The van der Waals surface area contributed by atoms with E-state index >= 15 is 4.39 Å². The van der Waals surface area contributed by atoms with Crippen LogP contribution in [0.5, 0.6) is 6.01 Å². The summed E-state index contributed by atoms with van der Waals surface area (Å²) in [6, 6.07) is 9.71. The van der Waals surface area contributed by atoms with E-state index in [9.17, 15) is 9.18 Å². The summed E-state index contributed by atoms with van der Waals surface area (Å²) in [5.41, 5.74) is 4.24.